The molecule has 0 unspecified atom stereocenters. The average Bonchev–Trinajstić information content (AvgIpc) is 2.89. The van der Waals surface area contributed by atoms with Gasteiger partial charge >= 0.3 is 0 Å². The van der Waals surface area contributed by atoms with Crippen molar-refractivity contribution in [1.82, 2.24) is 5.16 Å². The molecule has 2 aromatic rings. The molecule has 0 atom stereocenters. The van der Waals surface area contributed by atoms with Crippen LogP contribution < -0.4 is 10.5 Å². The lowest BCUT2D eigenvalue weighted by molar-refractivity contribution is 0.420. The number of nitrogens with one attached hydrogen (secondary N) is 1. The van der Waals surface area contributed by atoms with Gasteiger partial charge in [0.25, 0.3) is 10.0 Å². The predicted octanol–water partition coefficient (Wildman–Crippen LogP) is 1.09. The van der Waals surface area contributed by atoms with E-state index in [1.54, 1.807) is 19.1 Å². The molecule has 0 spiro atoms. The Morgan fingerprint density at radius 2 is 2.25 bits per heavy atom. The first kappa shape index (κ1) is 14.1. The predicted molar refractivity (Wildman–Crippen MR) is 74.4 cm³/mol. The van der Waals surface area contributed by atoms with Gasteiger partial charge in [-0.2, -0.15) is 0 Å². The normalized spacial score (nSPS) is 10.7. The van der Waals surface area contributed by atoms with Gasteiger partial charge in [-0.1, -0.05) is 23.1 Å². The minimum atomic E-state index is -3.71. The Hall–Kier alpha value is -2.30. The highest BCUT2D eigenvalue weighted by molar-refractivity contribution is 7.92. The van der Waals surface area contributed by atoms with Crippen LogP contribution >= 0.6 is 0 Å². The average molecular weight is 291 g/mol. The number of hydrogen-bond donors (Lipinski definition) is 2. The summed E-state index contributed by atoms with van der Waals surface area (Å²) in [6.07, 6.45) is 2.50. The van der Waals surface area contributed by atoms with E-state index in [0.717, 1.165) is 0 Å². The summed E-state index contributed by atoms with van der Waals surface area (Å²) in [7, 11) is -3.71. The fourth-order valence-corrected chi connectivity index (χ4v) is 2.88. The Morgan fingerprint density at radius 1 is 1.45 bits per heavy atom. The van der Waals surface area contributed by atoms with Crippen LogP contribution in [-0.2, 0) is 10.0 Å². The Bertz CT molecular complexity index is 756. The summed E-state index contributed by atoms with van der Waals surface area (Å²) in [5.41, 5.74) is 6.77. The van der Waals surface area contributed by atoms with Crippen LogP contribution in [0.1, 0.15) is 11.1 Å². The van der Waals surface area contributed by atoms with Gasteiger partial charge in [0.2, 0.25) is 0 Å². The smallest absolute Gasteiger partial charge is 0.262 e. The first-order valence-electron chi connectivity index (χ1n) is 5.75. The highest BCUT2D eigenvalue weighted by Crippen LogP contribution is 2.20. The highest BCUT2D eigenvalue weighted by Gasteiger charge is 2.18. The molecule has 0 amide bonds. The van der Waals surface area contributed by atoms with Crippen molar-refractivity contribution in [3.05, 3.63) is 41.8 Å². The lowest BCUT2D eigenvalue weighted by Gasteiger charge is -2.08. The maximum Gasteiger partial charge on any atom is 0.262 e. The topological polar surface area (TPSA) is 98.2 Å². The van der Waals surface area contributed by atoms with E-state index in [4.69, 9.17) is 5.73 Å². The minimum Gasteiger partial charge on any atom is -0.362 e. The lowest BCUT2D eigenvalue weighted by Crippen LogP contribution is -2.14. The van der Waals surface area contributed by atoms with Crippen LogP contribution in [0.4, 0.5) is 5.69 Å². The molecular formula is C13H13N3O3S. The number of aryl methyl sites for hydroxylation is 1. The molecule has 2 rings (SSSR count). The van der Waals surface area contributed by atoms with Crippen molar-refractivity contribution in [2.24, 2.45) is 5.73 Å². The van der Waals surface area contributed by atoms with Crippen LogP contribution in [0.5, 0.6) is 0 Å². The SMILES string of the molecule is Cc1ccc(C#CCN)cc1S(=O)(=O)Nc1cnoc1. The van der Waals surface area contributed by atoms with Crippen LogP contribution in [-0.4, -0.2) is 20.1 Å². The Balaban J connectivity index is 2.40. The molecule has 1 aromatic heterocycles. The maximum absolute atomic E-state index is 12.3. The zero-order chi connectivity index (χ0) is 14.6. The van der Waals surface area contributed by atoms with E-state index >= 15 is 0 Å². The van der Waals surface area contributed by atoms with Gasteiger partial charge in [-0.25, -0.2) is 8.42 Å². The van der Waals surface area contributed by atoms with Gasteiger partial charge in [0.15, 0.2) is 0 Å². The number of aromatic nitrogens is 1. The van der Waals surface area contributed by atoms with Crippen molar-refractivity contribution >= 4 is 15.7 Å². The first-order chi connectivity index (χ1) is 9.53. The van der Waals surface area contributed by atoms with Gasteiger partial charge < -0.3 is 10.3 Å². The molecule has 0 fully saturated rings. The molecule has 1 aromatic carbocycles. The second-order valence-corrected chi connectivity index (χ2v) is 5.66. The van der Waals surface area contributed by atoms with E-state index in [0.29, 0.717) is 11.1 Å². The number of anilines is 1. The fourth-order valence-electron chi connectivity index (χ4n) is 1.59. The molecular weight excluding hydrogens is 278 g/mol. The number of benzene rings is 1. The van der Waals surface area contributed by atoms with Crippen molar-refractivity contribution in [1.29, 1.82) is 0 Å². The standard InChI is InChI=1S/C13H13N3O3S/c1-10-4-5-11(3-2-6-14)7-13(10)20(17,18)16-12-8-15-19-9-12/h4-5,7-9,16H,6,14H2,1H3. The molecule has 20 heavy (non-hydrogen) atoms. The number of rotatable bonds is 3. The molecule has 0 radical (unpaired) electrons. The molecule has 0 saturated heterocycles. The maximum atomic E-state index is 12.3. The van der Waals surface area contributed by atoms with E-state index in [1.165, 1.54) is 18.5 Å². The third-order valence-electron chi connectivity index (χ3n) is 2.50. The molecule has 3 N–H and O–H groups in total. The third-order valence-corrected chi connectivity index (χ3v) is 4.02. The van der Waals surface area contributed by atoms with E-state index in [-0.39, 0.29) is 17.1 Å². The number of sulfonamides is 1. The van der Waals surface area contributed by atoms with Crippen molar-refractivity contribution in [3.63, 3.8) is 0 Å². The van der Waals surface area contributed by atoms with E-state index in [9.17, 15) is 8.42 Å². The first-order valence-corrected chi connectivity index (χ1v) is 7.23. The number of nitrogens with two attached hydrogens (primary N) is 1. The van der Waals surface area contributed by atoms with Crippen LogP contribution in [0.15, 0.2) is 40.1 Å². The molecule has 0 aliphatic rings. The number of hydrogen-bond acceptors (Lipinski definition) is 5. The molecule has 0 bridgehead atoms. The molecule has 0 aliphatic carbocycles. The van der Waals surface area contributed by atoms with Gasteiger partial charge in [-0.3, -0.25) is 4.72 Å². The summed E-state index contributed by atoms with van der Waals surface area (Å²) < 4.78 is 31.6. The fraction of sp³-hybridized carbons (Fsp3) is 0.154. The molecule has 0 aliphatic heterocycles. The summed E-state index contributed by atoms with van der Waals surface area (Å²) in [5, 5.41) is 3.44. The van der Waals surface area contributed by atoms with Crippen molar-refractivity contribution in [2.75, 3.05) is 11.3 Å². The van der Waals surface area contributed by atoms with Crippen LogP contribution in [0.3, 0.4) is 0 Å². The summed E-state index contributed by atoms with van der Waals surface area (Å²) in [6.45, 7) is 1.93. The van der Waals surface area contributed by atoms with Gasteiger partial charge in [-0.15, -0.1) is 0 Å². The second-order valence-electron chi connectivity index (χ2n) is 4.00. The van der Waals surface area contributed by atoms with Gasteiger partial charge in [0.1, 0.15) is 12.0 Å². The summed E-state index contributed by atoms with van der Waals surface area (Å²) >= 11 is 0. The van der Waals surface area contributed by atoms with Gasteiger partial charge in [-0.05, 0) is 24.6 Å². The second kappa shape index (κ2) is 5.77. The summed E-state index contributed by atoms with van der Waals surface area (Å²) in [5.74, 6) is 5.49. The van der Waals surface area contributed by atoms with Crippen molar-refractivity contribution in [2.45, 2.75) is 11.8 Å². The zero-order valence-electron chi connectivity index (χ0n) is 10.8. The van der Waals surface area contributed by atoms with Crippen LogP contribution in [0.2, 0.25) is 0 Å². The largest absolute Gasteiger partial charge is 0.362 e. The highest BCUT2D eigenvalue weighted by atomic mass is 32.2. The Kier molecular flexibility index (Phi) is 4.08. The van der Waals surface area contributed by atoms with Crippen molar-refractivity contribution < 1.29 is 12.9 Å². The molecule has 0 saturated carbocycles. The van der Waals surface area contributed by atoms with Crippen LogP contribution in [0, 0.1) is 18.8 Å². The Morgan fingerprint density at radius 3 is 2.90 bits per heavy atom. The van der Waals surface area contributed by atoms with Gasteiger partial charge in [0.05, 0.1) is 17.6 Å². The molecule has 7 heteroatoms. The molecule has 6 nitrogen and oxygen atoms in total. The van der Waals surface area contributed by atoms with Crippen LogP contribution in [0.25, 0.3) is 0 Å². The zero-order valence-corrected chi connectivity index (χ0v) is 11.6. The summed E-state index contributed by atoms with van der Waals surface area (Å²) in [6, 6.07) is 4.95. The van der Waals surface area contributed by atoms with Crippen molar-refractivity contribution in [3.8, 4) is 11.8 Å². The summed E-state index contributed by atoms with van der Waals surface area (Å²) in [4.78, 5) is 0.155. The van der Waals surface area contributed by atoms with Gasteiger partial charge in [0, 0.05) is 5.56 Å². The lowest BCUT2D eigenvalue weighted by atomic mass is 10.1. The van der Waals surface area contributed by atoms with E-state index in [1.807, 2.05) is 0 Å². The molecule has 104 valence electrons. The quantitative estimate of drug-likeness (QED) is 0.825. The third kappa shape index (κ3) is 3.17. The number of nitrogens with zero attached hydrogens (tertiary/aromatic N) is 1. The monoisotopic (exact) mass is 291 g/mol. The Labute approximate surface area is 117 Å². The van der Waals surface area contributed by atoms with E-state index < -0.39 is 10.0 Å². The minimum absolute atomic E-state index is 0.155. The molecule has 1 heterocycles. The van der Waals surface area contributed by atoms with E-state index in [2.05, 4.69) is 26.2 Å².